The van der Waals surface area contributed by atoms with Gasteiger partial charge in [-0.25, -0.2) is 5.43 Å². The Morgan fingerprint density at radius 1 is 1.00 bits per heavy atom. The van der Waals surface area contributed by atoms with Crippen LogP contribution in [0.1, 0.15) is 32.6 Å². The number of nitrogens with one attached hydrogen (secondary N) is 2. The van der Waals surface area contributed by atoms with Gasteiger partial charge in [0.15, 0.2) is 0 Å². The van der Waals surface area contributed by atoms with Gasteiger partial charge in [0.2, 0.25) is 0 Å². The Kier molecular flexibility index (Phi) is 5.30. The molecule has 1 fully saturated rings. The number of amides is 1. The van der Waals surface area contributed by atoms with Gasteiger partial charge in [-0.1, -0.05) is 42.5 Å². The van der Waals surface area contributed by atoms with E-state index in [9.17, 15) is 4.79 Å². The topological polar surface area (TPSA) is 55.1 Å². The summed E-state index contributed by atoms with van der Waals surface area (Å²) in [6, 6.07) is 18.5. The molecule has 0 unspecified atom stereocenters. The van der Waals surface area contributed by atoms with Crippen LogP contribution in [0.4, 0.5) is 0 Å². The fourth-order valence-electron chi connectivity index (χ4n) is 4.51. The Balaban J connectivity index is 1.24. The maximum absolute atomic E-state index is 12.5. The number of hydrogen-bond donors (Lipinski definition) is 2. The second kappa shape index (κ2) is 8.38. The van der Waals surface area contributed by atoms with Gasteiger partial charge in [0, 0.05) is 16.7 Å². The first-order valence-corrected chi connectivity index (χ1v) is 10.6. The normalized spacial score (nSPS) is 16.4. The quantitative estimate of drug-likeness (QED) is 0.509. The van der Waals surface area contributed by atoms with E-state index in [1.54, 1.807) is 6.21 Å². The highest BCUT2D eigenvalue weighted by atomic mass is 16.5. The van der Waals surface area contributed by atoms with E-state index in [-0.39, 0.29) is 5.91 Å². The van der Waals surface area contributed by atoms with E-state index in [1.807, 2.05) is 24.3 Å². The molecule has 0 spiro atoms. The van der Waals surface area contributed by atoms with Crippen LogP contribution in [0.15, 0.2) is 59.7 Å². The van der Waals surface area contributed by atoms with Crippen molar-refractivity contribution in [3.63, 3.8) is 0 Å². The molecule has 0 bridgehead atoms. The van der Waals surface area contributed by atoms with Crippen molar-refractivity contribution in [2.45, 2.75) is 19.4 Å². The number of hydrogen-bond acceptors (Lipinski definition) is 3. The molecular formula is C25H26N3O2+. The third-order valence-corrected chi connectivity index (χ3v) is 6.15. The summed E-state index contributed by atoms with van der Waals surface area (Å²) in [7, 11) is 0. The Labute approximate surface area is 176 Å². The van der Waals surface area contributed by atoms with Crippen LogP contribution in [0.25, 0.3) is 10.8 Å². The average Bonchev–Trinajstić information content (AvgIpc) is 3.21. The number of carbonyl (C=O) groups excluding carboxylic acids is 1. The summed E-state index contributed by atoms with van der Waals surface area (Å²) in [6.07, 6.45) is 3.95. The standard InChI is InChI=1S/C25H25N3O2/c29-25(21-6-4-18(5-7-21)17-28-12-14-30-15-13-28)27-26-16-22-11-10-20-9-8-19-2-1-3-23(22)24(19)20/h1-7,10-11,16H,8-9,12-15,17H2,(H,27,29)/p+1/b26-16-. The van der Waals surface area contributed by atoms with Gasteiger partial charge in [-0.3, -0.25) is 4.79 Å². The van der Waals surface area contributed by atoms with Gasteiger partial charge >= 0.3 is 0 Å². The minimum absolute atomic E-state index is 0.192. The molecular weight excluding hydrogens is 374 g/mol. The second-order valence-corrected chi connectivity index (χ2v) is 8.09. The fourth-order valence-corrected chi connectivity index (χ4v) is 4.51. The van der Waals surface area contributed by atoms with Crippen molar-refractivity contribution in [3.05, 3.63) is 82.4 Å². The Bertz CT molecular complexity index is 1090. The molecule has 30 heavy (non-hydrogen) atoms. The molecule has 2 N–H and O–H groups in total. The van der Waals surface area contributed by atoms with Crippen molar-refractivity contribution in [2.24, 2.45) is 5.10 Å². The van der Waals surface area contributed by atoms with Crippen LogP contribution >= 0.6 is 0 Å². The summed E-state index contributed by atoms with van der Waals surface area (Å²) in [5.41, 5.74) is 8.36. The highest BCUT2D eigenvalue weighted by Crippen LogP contribution is 2.32. The molecule has 3 aromatic carbocycles. The second-order valence-electron chi connectivity index (χ2n) is 8.09. The molecule has 0 aromatic heterocycles. The summed E-state index contributed by atoms with van der Waals surface area (Å²) >= 11 is 0. The third kappa shape index (κ3) is 3.86. The number of carbonyl (C=O) groups is 1. The molecule has 1 saturated heterocycles. The van der Waals surface area contributed by atoms with Crippen molar-refractivity contribution in [1.29, 1.82) is 0 Å². The number of nitrogens with zero attached hydrogens (tertiary/aromatic N) is 1. The molecule has 5 heteroatoms. The molecule has 1 heterocycles. The molecule has 5 rings (SSSR count). The average molecular weight is 401 g/mol. The van der Waals surface area contributed by atoms with Gasteiger partial charge in [-0.15, -0.1) is 0 Å². The maximum atomic E-state index is 12.5. The third-order valence-electron chi connectivity index (χ3n) is 6.15. The smallest absolute Gasteiger partial charge is 0.271 e. The molecule has 0 saturated carbocycles. The molecule has 3 aromatic rings. The molecule has 1 aliphatic heterocycles. The van der Waals surface area contributed by atoms with Gasteiger partial charge < -0.3 is 9.64 Å². The number of morpholine rings is 1. The van der Waals surface area contributed by atoms with Gasteiger partial charge in [-0.2, -0.15) is 5.10 Å². The lowest BCUT2D eigenvalue weighted by Crippen LogP contribution is -3.12. The number of benzene rings is 3. The maximum Gasteiger partial charge on any atom is 0.271 e. The lowest BCUT2D eigenvalue weighted by atomic mass is 10.0. The highest BCUT2D eigenvalue weighted by molar-refractivity contribution is 6.03. The molecule has 1 amide bonds. The van der Waals surface area contributed by atoms with E-state index < -0.39 is 0 Å². The number of ether oxygens (including phenoxy) is 1. The SMILES string of the molecule is O=C(N/N=C\c1ccc2c3c(cccc13)CC2)c1ccc(C[NH+]2CCOCC2)cc1. The molecule has 0 radical (unpaired) electrons. The lowest BCUT2D eigenvalue weighted by Gasteiger charge is -2.23. The molecule has 2 aliphatic rings. The van der Waals surface area contributed by atoms with Gasteiger partial charge in [0.05, 0.1) is 19.4 Å². The summed E-state index contributed by atoms with van der Waals surface area (Å²) < 4.78 is 5.41. The fraction of sp³-hybridized carbons (Fsp3) is 0.280. The monoisotopic (exact) mass is 400 g/mol. The Morgan fingerprint density at radius 2 is 1.77 bits per heavy atom. The van der Waals surface area contributed by atoms with Crippen LogP contribution in [-0.4, -0.2) is 38.4 Å². The van der Waals surface area contributed by atoms with Crippen molar-refractivity contribution in [2.75, 3.05) is 26.3 Å². The molecule has 5 nitrogen and oxygen atoms in total. The number of rotatable bonds is 5. The largest absolute Gasteiger partial charge is 0.370 e. The van der Waals surface area contributed by atoms with Gasteiger partial charge in [0.25, 0.3) is 5.91 Å². The minimum atomic E-state index is -0.192. The summed E-state index contributed by atoms with van der Waals surface area (Å²) in [5.74, 6) is -0.192. The molecule has 1 aliphatic carbocycles. The van der Waals surface area contributed by atoms with E-state index in [4.69, 9.17) is 4.74 Å². The van der Waals surface area contributed by atoms with Gasteiger partial charge in [0.1, 0.15) is 19.6 Å². The van der Waals surface area contributed by atoms with E-state index in [2.05, 4.69) is 40.9 Å². The zero-order chi connectivity index (χ0) is 20.3. The minimum Gasteiger partial charge on any atom is -0.370 e. The first-order chi connectivity index (χ1) is 14.8. The summed E-state index contributed by atoms with van der Waals surface area (Å²) in [6.45, 7) is 4.69. The summed E-state index contributed by atoms with van der Waals surface area (Å²) in [4.78, 5) is 14.0. The van der Waals surface area contributed by atoms with E-state index in [0.717, 1.165) is 51.3 Å². The van der Waals surface area contributed by atoms with Crippen molar-refractivity contribution < 1.29 is 14.4 Å². The van der Waals surface area contributed by atoms with Crippen LogP contribution in [0, 0.1) is 0 Å². The molecule has 0 atom stereocenters. The highest BCUT2D eigenvalue weighted by Gasteiger charge is 2.16. The predicted octanol–water partition coefficient (Wildman–Crippen LogP) is 2.12. The van der Waals surface area contributed by atoms with Crippen LogP contribution in [0.3, 0.4) is 0 Å². The van der Waals surface area contributed by atoms with Gasteiger partial charge in [-0.05, 0) is 46.9 Å². The zero-order valence-electron chi connectivity index (χ0n) is 17.0. The van der Waals surface area contributed by atoms with E-state index in [0.29, 0.717) is 5.56 Å². The summed E-state index contributed by atoms with van der Waals surface area (Å²) in [5, 5.41) is 6.78. The Hall–Kier alpha value is -3.02. The molecule has 152 valence electrons. The number of hydrazone groups is 1. The van der Waals surface area contributed by atoms with E-state index in [1.165, 1.54) is 32.4 Å². The van der Waals surface area contributed by atoms with Crippen LogP contribution in [0.5, 0.6) is 0 Å². The van der Waals surface area contributed by atoms with Crippen LogP contribution < -0.4 is 10.3 Å². The van der Waals surface area contributed by atoms with Crippen LogP contribution in [-0.2, 0) is 24.1 Å². The van der Waals surface area contributed by atoms with Crippen LogP contribution in [0.2, 0.25) is 0 Å². The Morgan fingerprint density at radius 3 is 2.57 bits per heavy atom. The zero-order valence-corrected chi connectivity index (χ0v) is 17.0. The first-order valence-electron chi connectivity index (χ1n) is 10.6. The van der Waals surface area contributed by atoms with Crippen molar-refractivity contribution in [1.82, 2.24) is 5.43 Å². The lowest BCUT2D eigenvalue weighted by molar-refractivity contribution is -0.921. The van der Waals surface area contributed by atoms with Crippen molar-refractivity contribution in [3.8, 4) is 0 Å². The number of quaternary nitrogens is 1. The van der Waals surface area contributed by atoms with Crippen molar-refractivity contribution >= 4 is 22.9 Å². The predicted molar refractivity (Wildman–Crippen MR) is 118 cm³/mol. The van der Waals surface area contributed by atoms with E-state index >= 15 is 0 Å². The first kappa shape index (κ1) is 19.0. The number of aryl methyl sites for hydroxylation is 2.